The normalized spacial score (nSPS) is 18.9. The first kappa shape index (κ1) is 23.9. The minimum atomic E-state index is -0.669. The maximum Gasteiger partial charge on any atom is 0.274 e. The number of hydrogen-bond donors (Lipinski definition) is 3. The van der Waals surface area contributed by atoms with Gasteiger partial charge in [-0.1, -0.05) is 6.07 Å². The Balaban J connectivity index is 1.51. The van der Waals surface area contributed by atoms with Gasteiger partial charge in [-0.3, -0.25) is 9.63 Å². The van der Waals surface area contributed by atoms with E-state index in [9.17, 15) is 4.79 Å². The number of anilines is 1. The fourth-order valence-corrected chi connectivity index (χ4v) is 4.74. The molecule has 9 heteroatoms. The Labute approximate surface area is 207 Å². The van der Waals surface area contributed by atoms with Gasteiger partial charge in [0.25, 0.3) is 5.91 Å². The Hall–Kier alpha value is -2.24. The van der Waals surface area contributed by atoms with Crippen LogP contribution in [-0.4, -0.2) is 38.2 Å². The number of aromatic nitrogens is 3. The summed E-state index contributed by atoms with van der Waals surface area (Å²) < 4.78 is 2.84. The van der Waals surface area contributed by atoms with Crippen LogP contribution in [0.25, 0.3) is 5.65 Å². The molecule has 0 saturated heterocycles. The molecule has 1 aliphatic rings. The maximum atomic E-state index is 12.5. The summed E-state index contributed by atoms with van der Waals surface area (Å²) >= 11 is 2.18. The Morgan fingerprint density at radius 3 is 2.76 bits per heavy atom. The summed E-state index contributed by atoms with van der Waals surface area (Å²) in [6, 6.07) is 9.95. The standard InChI is InChI=1S/C24H31IN6O2/c1-15-20(14-24(2,3)33-30-23(32)16-5-4-6-17(25)13-16)31-21(11-12-27-31)29-22(15)28-19-9-7-18(26)8-10-19/h4-6,11-13,18-19H,7-10,14,26H2,1-3H3,(H,28,29)(H,30,32). The summed E-state index contributed by atoms with van der Waals surface area (Å²) in [6.07, 6.45) is 6.43. The van der Waals surface area contributed by atoms with E-state index in [1.54, 1.807) is 12.3 Å². The lowest BCUT2D eigenvalue weighted by atomic mass is 9.91. The van der Waals surface area contributed by atoms with Crippen molar-refractivity contribution in [3.8, 4) is 0 Å². The first-order valence-corrected chi connectivity index (χ1v) is 12.4. The third kappa shape index (κ3) is 5.82. The lowest BCUT2D eigenvalue weighted by molar-refractivity contribution is -0.0705. The van der Waals surface area contributed by atoms with Crippen molar-refractivity contribution in [2.75, 3.05) is 5.32 Å². The number of hydroxylamine groups is 1. The van der Waals surface area contributed by atoms with Gasteiger partial charge >= 0.3 is 0 Å². The van der Waals surface area contributed by atoms with Gasteiger partial charge in [0.2, 0.25) is 0 Å². The van der Waals surface area contributed by atoms with Crippen LogP contribution in [0.4, 0.5) is 5.82 Å². The molecule has 33 heavy (non-hydrogen) atoms. The molecule has 2 heterocycles. The van der Waals surface area contributed by atoms with Crippen LogP contribution >= 0.6 is 22.6 Å². The molecule has 8 nitrogen and oxygen atoms in total. The highest BCUT2D eigenvalue weighted by Gasteiger charge is 2.27. The van der Waals surface area contributed by atoms with Crippen molar-refractivity contribution in [3.63, 3.8) is 0 Å². The second-order valence-electron chi connectivity index (χ2n) is 9.37. The van der Waals surface area contributed by atoms with Gasteiger partial charge in [-0.2, -0.15) is 5.10 Å². The maximum absolute atomic E-state index is 12.5. The van der Waals surface area contributed by atoms with Gasteiger partial charge in [-0.25, -0.2) is 15.0 Å². The molecular formula is C24H31IN6O2. The van der Waals surface area contributed by atoms with E-state index in [0.29, 0.717) is 24.1 Å². The van der Waals surface area contributed by atoms with Crippen molar-refractivity contribution >= 4 is 40.0 Å². The number of benzene rings is 1. The molecule has 2 aromatic heterocycles. The number of amides is 1. The number of carbonyl (C=O) groups excluding carboxylic acids is 1. The van der Waals surface area contributed by atoms with Crippen molar-refractivity contribution in [2.45, 2.75) is 70.6 Å². The number of carbonyl (C=O) groups is 1. The van der Waals surface area contributed by atoms with Crippen LogP contribution in [0.1, 0.15) is 61.1 Å². The SMILES string of the molecule is Cc1c(NC2CCC(N)CC2)nc2ccnn2c1CC(C)(C)ONC(=O)c1cccc(I)c1. The number of rotatable bonds is 7. The molecule has 1 aromatic carbocycles. The summed E-state index contributed by atoms with van der Waals surface area (Å²) in [5, 5.41) is 8.12. The fourth-order valence-electron chi connectivity index (χ4n) is 4.20. The molecule has 0 spiro atoms. The van der Waals surface area contributed by atoms with E-state index in [1.807, 2.05) is 42.6 Å². The van der Waals surface area contributed by atoms with Crippen LogP contribution in [0.3, 0.4) is 0 Å². The van der Waals surface area contributed by atoms with Crippen LogP contribution in [0.5, 0.6) is 0 Å². The zero-order valence-corrected chi connectivity index (χ0v) is 21.4. The average molecular weight is 562 g/mol. The Morgan fingerprint density at radius 2 is 2.03 bits per heavy atom. The van der Waals surface area contributed by atoms with E-state index in [4.69, 9.17) is 15.6 Å². The molecular weight excluding hydrogens is 531 g/mol. The number of nitrogens with one attached hydrogen (secondary N) is 2. The summed E-state index contributed by atoms with van der Waals surface area (Å²) in [6.45, 7) is 5.96. The van der Waals surface area contributed by atoms with Crippen LogP contribution in [0, 0.1) is 10.5 Å². The zero-order valence-electron chi connectivity index (χ0n) is 19.3. The van der Waals surface area contributed by atoms with Gasteiger partial charge in [-0.05, 0) is 87.2 Å². The molecule has 176 valence electrons. The third-order valence-corrected chi connectivity index (χ3v) is 6.78. The van der Waals surface area contributed by atoms with E-state index in [-0.39, 0.29) is 5.91 Å². The lowest BCUT2D eigenvalue weighted by Crippen LogP contribution is -2.38. The van der Waals surface area contributed by atoms with Gasteiger partial charge in [0.1, 0.15) is 5.82 Å². The van der Waals surface area contributed by atoms with Crippen LogP contribution < -0.4 is 16.5 Å². The highest BCUT2D eigenvalue weighted by atomic mass is 127. The van der Waals surface area contributed by atoms with Crippen molar-refractivity contribution in [1.82, 2.24) is 20.1 Å². The van der Waals surface area contributed by atoms with Crippen molar-refractivity contribution in [1.29, 1.82) is 0 Å². The first-order valence-electron chi connectivity index (χ1n) is 11.3. The number of nitrogens with two attached hydrogens (primary N) is 1. The molecule has 0 bridgehead atoms. The Bertz CT molecular complexity index is 1140. The van der Waals surface area contributed by atoms with Gasteiger partial charge in [-0.15, -0.1) is 0 Å². The Kier molecular flexibility index (Phi) is 7.20. The molecule has 4 rings (SSSR count). The first-order chi connectivity index (χ1) is 15.7. The number of fused-ring (bicyclic) bond motifs is 1. The largest absolute Gasteiger partial charge is 0.367 e. The lowest BCUT2D eigenvalue weighted by Gasteiger charge is -2.29. The second-order valence-corrected chi connectivity index (χ2v) is 10.6. The van der Waals surface area contributed by atoms with E-state index >= 15 is 0 Å². The molecule has 0 atom stereocenters. The van der Waals surface area contributed by atoms with Crippen molar-refractivity contribution < 1.29 is 9.63 Å². The minimum absolute atomic E-state index is 0.268. The molecule has 1 saturated carbocycles. The van der Waals surface area contributed by atoms with E-state index in [2.05, 4.69) is 45.4 Å². The smallest absolute Gasteiger partial charge is 0.274 e. The summed E-state index contributed by atoms with van der Waals surface area (Å²) in [5.41, 5.74) is 11.4. The van der Waals surface area contributed by atoms with Crippen molar-refractivity contribution in [3.05, 3.63) is 56.9 Å². The van der Waals surface area contributed by atoms with Gasteiger partial charge < -0.3 is 11.1 Å². The molecule has 1 aliphatic carbocycles. The average Bonchev–Trinajstić information content (AvgIpc) is 3.25. The van der Waals surface area contributed by atoms with Gasteiger partial charge in [0.15, 0.2) is 5.65 Å². The number of hydrogen-bond acceptors (Lipinski definition) is 6. The second kappa shape index (κ2) is 9.94. The topological polar surface area (TPSA) is 107 Å². The summed E-state index contributed by atoms with van der Waals surface area (Å²) in [5.74, 6) is 0.604. The van der Waals surface area contributed by atoms with E-state index < -0.39 is 5.60 Å². The molecule has 0 aliphatic heterocycles. The van der Waals surface area contributed by atoms with Crippen LogP contribution in [0.2, 0.25) is 0 Å². The number of halogens is 1. The summed E-state index contributed by atoms with van der Waals surface area (Å²) in [4.78, 5) is 23.2. The minimum Gasteiger partial charge on any atom is -0.367 e. The monoisotopic (exact) mass is 562 g/mol. The molecule has 0 radical (unpaired) electrons. The highest BCUT2D eigenvalue weighted by molar-refractivity contribution is 14.1. The van der Waals surface area contributed by atoms with Gasteiger partial charge in [0.05, 0.1) is 17.5 Å². The van der Waals surface area contributed by atoms with E-state index in [1.165, 1.54) is 0 Å². The van der Waals surface area contributed by atoms with Crippen LogP contribution in [0.15, 0.2) is 36.5 Å². The van der Waals surface area contributed by atoms with E-state index in [0.717, 1.165) is 52.0 Å². The number of nitrogens with zero attached hydrogens (tertiary/aromatic N) is 3. The molecule has 0 unspecified atom stereocenters. The summed E-state index contributed by atoms with van der Waals surface area (Å²) in [7, 11) is 0. The third-order valence-electron chi connectivity index (χ3n) is 6.11. The molecule has 3 aromatic rings. The fraction of sp³-hybridized carbons (Fsp3) is 0.458. The Morgan fingerprint density at radius 1 is 1.27 bits per heavy atom. The predicted octanol–water partition coefficient (Wildman–Crippen LogP) is 4.01. The predicted molar refractivity (Wildman–Crippen MR) is 137 cm³/mol. The quantitative estimate of drug-likeness (QED) is 0.297. The van der Waals surface area contributed by atoms with Crippen molar-refractivity contribution in [2.24, 2.45) is 5.73 Å². The zero-order chi connectivity index (χ0) is 23.6. The van der Waals surface area contributed by atoms with Gasteiger partial charge in [0, 0.05) is 39.3 Å². The molecule has 1 amide bonds. The van der Waals surface area contributed by atoms with Crippen LogP contribution in [-0.2, 0) is 11.3 Å². The molecule has 4 N–H and O–H groups in total. The highest BCUT2D eigenvalue weighted by Crippen LogP contribution is 2.27. The molecule has 1 fully saturated rings.